The van der Waals surface area contributed by atoms with E-state index in [-0.39, 0.29) is 17.0 Å². The van der Waals surface area contributed by atoms with E-state index in [2.05, 4.69) is 24.1 Å². The van der Waals surface area contributed by atoms with Crippen molar-refractivity contribution in [1.82, 2.24) is 0 Å². The number of halogens is 2. The highest BCUT2D eigenvalue weighted by Crippen LogP contribution is 2.35. The Morgan fingerprint density at radius 1 is 0.818 bits per heavy atom. The third kappa shape index (κ3) is 4.22. The fourth-order valence-corrected chi connectivity index (χ4v) is 3.87. The molecule has 5 nitrogen and oxygen atoms in total. The van der Waals surface area contributed by atoms with Crippen molar-refractivity contribution in [2.24, 2.45) is 0 Å². The van der Waals surface area contributed by atoms with E-state index in [4.69, 9.17) is 0 Å². The molecular formula is C26H23F2N3O2. The zero-order valence-electron chi connectivity index (χ0n) is 18.3. The fourth-order valence-electron chi connectivity index (χ4n) is 3.87. The maximum atomic E-state index is 14.5. The van der Waals surface area contributed by atoms with Crippen LogP contribution in [-0.4, -0.2) is 24.9 Å². The Bertz CT molecular complexity index is 1220. The minimum absolute atomic E-state index is 0.00505. The molecule has 0 atom stereocenters. The second-order valence-electron chi connectivity index (χ2n) is 7.50. The normalized spacial score (nSPS) is 13.6. The van der Waals surface area contributed by atoms with Gasteiger partial charge in [-0.1, -0.05) is 24.3 Å². The first-order chi connectivity index (χ1) is 15.9. The molecule has 0 saturated heterocycles. The highest BCUT2D eigenvalue weighted by atomic mass is 19.1. The van der Waals surface area contributed by atoms with Crippen molar-refractivity contribution >= 4 is 34.4 Å². The Kier molecular flexibility index (Phi) is 6.22. The Labute approximate surface area is 190 Å². The molecule has 0 fully saturated rings. The number of carbonyl (C=O) groups is 2. The fraction of sp³-hybridized carbons (Fsp3) is 0.154. The number of hydrogen-bond acceptors (Lipinski definition) is 4. The standard InChI is InChI=1S/C26H23F2N3O2/c1-3-30(4-2)20-15-13-19(14-16-20)29-24-23(17-9-11-18(27)12-10-17)25(32)31(26(24)33)22-8-6-5-7-21(22)28/h5-16,29H,3-4H2,1-2H3. The van der Waals surface area contributed by atoms with Crippen LogP contribution < -0.4 is 15.1 Å². The van der Waals surface area contributed by atoms with Gasteiger partial charge in [0.05, 0.1) is 11.3 Å². The van der Waals surface area contributed by atoms with E-state index in [0.717, 1.165) is 23.7 Å². The largest absolute Gasteiger partial charge is 0.372 e. The van der Waals surface area contributed by atoms with Crippen molar-refractivity contribution in [3.05, 3.63) is 95.7 Å². The van der Waals surface area contributed by atoms with Gasteiger partial charge in [-0.15, -0.1) is 0 Å². The minimum Gasteiger partial charge on any atom is -0.372 e. The third-order valence-corrected chi connectivity index (χ3v) is 5.58. The van der Waals surface area contributed by atoms with E-state index >= 15 is 0 Å². The number of carbonyl (C=O) groups excluding carboxylic acids is 2. The van der Waals surface area contributed by atoms with Gasteiger partial charge in [0.25, 0.3) is 11.8 Å². The molecule has 0 spiro atoms. The molecule has 7 heteroatoms. The van der Waals surface area contributed by atoms with Gasteiger partial charge in [0, 0.05) is 24.5 Å². The second-order valence-corrected chi connectivity index (χ2v) is 7.50. The molecule has 1 heterocycles. The smallest absolute Gasteiger partial charge is 0.282 e. The number of para-hydroxylation sites is 1. The molecule has 1 N–H and O–H groups in total. The van der Waals surface area contributed by atoms with Crippen molar-refractivity contribution < 1.29 is 18.4 Å². The summed E-state index contributed by atoms with van der Waals surface area (Å²) in [6.45, 7) is 5.84. The van der Waals surface area contributed by atoms with Crippen molar-refractivity contribution in [2.75, 3.05) is 28.2 Å². The number of rotatable bonds is 7. The van der Waals surface area contributed by atoms with Crippen molar-refractivity contribution in [3.8, 4) is 0 Å². The molecule has 168 valence electrons. The number of nitrogens with zero attached hydrogens (tertiary/aromatic N) is 2. The minimum atomic E-state index is -0.692. The molecular weight excluding hydrogens is 424 g/mol. The number of anilines is 3. The second kappa shape index (κ2) is 9.24. The van der Waals surface area contributed by atoms with E-state index in [9.17, 15) is 18.4 Å². The lowest BCUT2D eigenvalue weighted by Crippen LogP contribution is -2.33. The SMILES string of the molecule is CCN(CC)c1ccc(NC2=C(c3ccc(F)cc3)C(=O)N(c3ccccc3F)C2=O)cc1. The summed E-state index contributed by atoms with van der Waals surface area (Å²) in [6.07, 6.45) is 0. The van der Waals surface area contributed by atoms with Crippen molar-refractivity contribution in [2.45, 2.75) is 13.8 Å². The summed E-state index contributed by atoms with van der Waals surface area (Å²) in [7, 11) is 0. The quantitative estimate of drug-likeness (QED) is 0.506. The highest BCUT2D eigenvalue weighted by Gasteiger charge is 2.41. The average Bonchev–Trinajstić information content (AvgIpc) is 3.06. The number of amides is 2. The third-order valence-electron chi connectivity index (χ3n) is 5.58. The summed E-state index contributed by atoms with van der Waals surface area (Å²) in [6, 6.07) is 18.3. The van der Waals surface area contributed by atoms with E-state index in [0.29, 0.717) is 11.3 Å². The summed E-state index contributed by atoms with van der Waals surface area (Å²) in [5.41, 5.74) is 1.90. The maximum Gasteiger partial charge on any atom is 0.282 e. The first-order valence-electron chi connectivity index (χ1n) is 10.7. The average molecular weight is 447 g/mol. The monoisotopic (exact) mass is 447 g/mol. The van der Waals surface area contributed by atoms with Crippen molar-refractivity contribution in [1.29, 1.82) is 0 Å². The van der Waals surface area contributed by atoms with Gasteiger partial charge in [-0.25, -0.2) is 13.7 Å². The van der Waals surface area contributed by atoms with Crippen LogP contribution in [0.3, 0.4) is 0 Å². The molecule has 4 rings (SSSR count). The predicted molar refractivity (Wildman–Crippen MR) is 126 cm³/mol. The number of imide groups is 1. The molecule has 1 aliphatic rings. The molecule has 3 aromatic rings. The Hall–Kier alpha value is -4.00. The zero-order valence-corrected chi connectivity index (χ0v) is 18.3. The summed E-state index contributed by atoms with van der Waals surface area (Å²) in [5, 5.41) is 3.04. The Morgan fingerprint density at radius 2 is 1.45 bits per heavy atom. The van der Waals surface area contributed by atoms with Crippen LogP contribution in [0.2, 0.25) is 0 Å². The summed E-state index contributed by atoms with van der Waals surface area (Å²) in [4.78, 5) is 29.6. The molecule has 0 unspecified atom stereocenters. The van der Waals surface area contributed by atoms with Gasteiger partial charge in [-0.3, -0.25) is 9.59 Å². The Balaban J connectivity index is 1.75. The van der Waals surface area contributed by atoms with E-state index in [1.807, 2.05) is 24.3 Å². The topological polar surface area (TPSA) is 52.7 Å². The van der Waals surface area contributed by atoms with Crippen LogP contribution in [0.4, 0.5) is 25.8 Å². The van der Waals surface area contributed by atoms with Crippen LogP contribution in [-0.2, 0) is 9.59 Å². The van der Waals surface area contributed by atoms with Crippen LogP contribution in [0.15, 0.2) is 78.5 Å². The molecule has 0 bridgehead atoms. The number of benzene rings is 3. The predicted octanol–water partition coefficient (Wildman–Crippen LogP) is 5.21. The lowest BCUT2D eigenvalue weighted by atomic mass is 10.0. The van der Waals surface area contributed by atoms with E-state index in [1.54, 1.807) is 6.07 Å². The maximum absolute atomic E-state index is 14.5. The van der Waals surface area contributed by atoms with Gasteiger partial charge < -0.3 is 10.2 Å². The first kappa shape index (κ1) is 22.2. The Morgan fingerprint density at radius 3 is 2.06 bits per heavy atom. The van der Waals surface area contributed by atoms with Gasteiger partial charge in [-0.05, 0) is 67.9 Å². The first-order valence-corrected chi connectivity index (χ1v) is 10.7. The summed E-state index contributed by atoms with van der Waals surface area (Å²) < 4.78 is 28.0. The lowest BCUT2D eigenvalue weighted by Gasteiger charge is -2.21. The van der Waals surface area contributed by atoms with Crippen molar-refractivity contribution in [3.63, 3.8) is 0 Å². The zero-order chi connectivity index (χ0) is 23.5. The molecule has 0 saturated carbocycles. The van der Waals surface area contributed by atoms with E-state index in [1.165, 1.54) is 42.5 Å². The summed E-state index contributed by atoms with van der Waals surface area (Å²) >= 11 is 0. The van der Waals surface area contributed by atoms with Crippen LogP contribution in [0.5, 0.6) is 0 Å². The van der Waals surface area contributed by atoms with Crippen LogP contribution in [0.25, 0.3) is 5.57 Å². The van der Waals surface area contributed by atoms with E-state index < -0.39 is 23.4 Å². The van der Waals surface area contributed by atoms with Gasteiger partial charge in [0.2, 0.25) is 0 Å². The molecule has 1 aliphatic heterocycles. The molecule has 33 heavy (non-hydrogen) atoms. The highest BCUT2D eigenvalue weighted by molar-refractivity contribution is 6.46. The van der Waals surface area contributed by atoms with Gasteiger partial charge in [0.1, 0.15) is 17.3 Å². The molecule has 2 amide bonds. The molecule has 0 aliphatic carbocycles. The molecule has 0 aromatic heterocycles. The molecule has 3 aromatic carbocycles. The van der Waals surface area contributed by atoms with Gasteiger partial charge in [0.15, 0.2) is 0 Å². The molecule has 0 radical (unpaired) electrons. The number of hydrogen-bond donors (Lipinski definition) is 1. The van der Waals surface area contributed by atoms with Gasteiger partial charge >= 0.3 is 0 Å². The van der Waals surface area contributed by atoms with Crippen LogP contribution >= 0.6 is 0 Å². The number of nitrogens with one attached hydrogen (secondary N) is 1. The lowest BCUT2D eigenvalue weighted by molar-refractivity contribution is -0.120. The van der Waals surface area contributed by atoms with Crippen LogP contribution in [0.1, 0.15) is 19.4 Å². The summed E-state index contributed by atoms with van der Waals surface area (Å²) in [5.74, 6) is -2.53. The van der Waals surface area contributed by atoms with Crippen LogP contribution in [0, 0.1) is 11.6 Å². The van der Waals surface area contributed by atoms with Gasteiger partial charge in [-0.2, -0.15) is 0 Å².